The number of rotatable bonds is 12. The standard InChI is InChI=1S/C28H36O6/c1-3-5-17-31-27-25(33-19-21-13-9-7-10-14-21)23(29)24(30)26(28(27)32-18-6-4-2)34-20-22-15-11-8-12-16-22/h3-16,23-30H,17-20H2,1-2H3/b5-3+,6-4+/t23-,24+,25-,26-,27+,28+/m0/s1. The lowest BCUT2D eigenvalue weighted by Gasteiger charge is -2.46. The van der Waals surface area contributed by atoms with Crippen LogP contribution in [0.5, 0.6) is 0 Å². The normalized spacial score (nSPS) is 27.5. The Morgan fingerprint density at radius 2 is 0.971 bits per heavy atom. The summed E-state index contributed by atoms with van der Waals surface area (Å²) in [4.78, 5) is 0. The monoisotopic (exact) mass is 468 g/mol. The van der Waals surface area contributed by atoms with E-state index in [0.717, 1.165) is 11.1 Å². The van der Waals surface area contributed by atoms with Gasteiger partial charge in [0.1, 0.15) is 36.6 Å². The molecule has 1 saturated carbocycles. The first-order valence-electron chi connectivity index (χ1n) is 11.8. The summed E-state index contributed by atoms with van der Waals surface area (Å²) in [7, 11) is 0. The van der Waals surface area contributed by atoms with E-state index in [4.69, 9.17) is 18.9 Å². The molecule has 1 aliphatic rings. The zero-order chi connectivity index (χ0) is 24.2. The maximum atomic E-state index is 11.1. The van der Waals surface area contributed by atoms with E-state index >= 15 is 0 Å². The number of allylic oxidation sites excluding steroid dienone is 2. The molecule has 0 unspecified atom stereocenters. The summed E-state index contributed by atoms with van der Waals surface area (Å²) in [6.07, 6.45) is 2.25. The minimum Gasteiger partial charge on any atom is -0.387 e. The van der Waals surface area contributed by atoms with E-state index in [-0.39, 0.29) is 13.2 Å². The molecular formula is C28H36O6. The fourth-order valence-electron chi connectivity index (χ4n) is 3.98. The third-order valence-electron chi connectivity index (χ3n) is 5.81. The molecule has 34 heavy (non-hydrogen) atoms. The van der Waals surface area contributed by atoms with Gasteiger partial charge in [-0.25, -0.2) is 0 Å². The van der Waals surface area contributed by atoms with Crippen molar-refractivity contribution in [1.82, 2.24) is 0 Å². The molecule has 2 aromatic rings. The summed E-state index contributed by atoms with van der Waals surface area (Å²) < 4.78 is 24.6. The number of aliphatic hydroxyl groups is 2. The number of benzene rings is 2. The minimum absolute atomic E-state index is 0.274. The van der Waals surface area contributed by atoms with Gasteiger partial charge in [0, 0.05) is 0 Å². The number of ether oxygens (including phenoxy) is 4. The van der Waals surface area contributed by atoms with Crippen LogP contribution < -0.4 is 0 Å². The second kappa shape index (κ2) is 14.2. The van der Waals surface area contributed by atoms with Crippen LogP contribution >= 0.6 is 0 Å². The van der Waals surface area contributed by atoms with Gasteiger partial charge in [0.2, 0.25) is 0 Å². The molecule has 2 N–H and O–H groups in total. The van der Waals surface area contributed by atoms with E-state index in [1.807, 2.05) is 98.8 Å². The Balaban J connectivity index is 1.83. The molecule has 6 heteroatoms. The van der Waals surface area contributed by atoms with E-state index in [1.54, 1.807) is 0 Å². The topological polar surface area (TPSA) is 77.4 Å². The van der Waals surface area contributed by atoms with Gasteiger partial charge >= 0.3 is 0 Å². The van der Waals surface area contributed by atoms with Crippen molar-refractivity contribution in [3.8, 4) is 0 Å². The predicted molar refractivity (Wildman–Crippen MR) is 131 cm³/mol. The molecule has 0 saturated heterocycles. The summed E-state index contributed by atoms with van der Waals surface area (Å²) in [5.41, 5.74) is 1.93. The molecule has 0 aromatic heterocycles. The van der Waals surface area contributed by atoms with Gasteiger partial charge in [-0.1, -0.05) is 85.0 Å². The third kappa shape index (κ3) is 7.34. The van der Waals surface area contributed by atoms with Crippen molar-refractivity contribution in [1.29, 1.82) is 0 Å². The fourth-order valence-corrected chi connectivity index (χ4v) is 3.98. The highest BCUT2D eigenvalue weighted by Gasteiger charge is 2.52. The van der Waals surface area contributed by atoms with Crippen LogP contribution in [0.1, 0.15) is 25.0 Å². The summed E-state index contributed by atoms with van der Waals surface area (Å²) >= 11 is 0. The first-order chi connectivity index (χ1) is 16.7. The van der Waals surface area contributed by atoms with Crippen molar-refractivity contribution < 1.29 is 29.2 Å². The van der Waals surface area contributed by atoms with Crippen LogP contribution in [0.15, 0.2) is 85.0 Å². The zero-order valence-electron chi connectivity index (χ0n) is 19.9. The summed E-state index contributed by atoms with van der Waals surface area (Å²) in [5, 5.41) is 22.2. The maximum Gasteiger partial charge on any atom is 0.115 e. The highest BCUT2D eigenvalue weighted by atomic mass is 16.6. The van der Waals surface area contributed by atoms with Crippen LogP contribution in [0.2, 0.25) is 0 Å². The Labute approximate surface area is 202 Å². The summed E-state index contributed by atoms with van der Waals surface area (Å²) in [6.45, 7) is 5.02. The highest BCUT2D eigenvalue weighted by molar-refractivity contribution is 5.15. The number of aliphatic hydroxyl groups excluding tert-OH is 2. The van der Waals surface area contributed by atoms with Gasteiger partial charge in [0.05, 0.1) is 26.4 Å². The molecule has 3 rings (SSSR count). The van der Waals surface area contributed by atoms with Crippen LogP contribution in [-0.4, -0.2) is 60.1 Å². The average Bonchev–Trinajstić information content (AvgIpc) is 2.87. The molecule has 0 bridgehead atoms. The van der Waals surface area contributed by atoms with Crippen molar-refractivity contribution in [2.24, 2.45) is 0 Å². The summed E-state index contributed by atoms with van der Waals surface area (Å²) in [5.74, 6) is 0. The molecular weight excluding hydrogens is 432 g/mol. The minimum atomic E-state index is -1.21. The zero-order valence-corrected chi connectivity index (χ0v) is 19.9. The van der Waals surface area contributed by atoms with Crippen LogP contribution in [-0.2, 0) is 32.2 Å². The molecule has 1 aliphatic carbocycles. The van der Waals surface area contributed by atoms with Crippen molar-refractivity contribution in [3.63, 3.8) is 0 Å². The maximum absolute atomic E-state index is 11.1. The molecule has 6 nitrogen and oxygen atoms in total. The molecule has 0 amide bonds. The van der Waals surface area contributed by atoms with Gasteiger partial charge in [0.25, 0.3) is 0 Å². The molecule has 2 aromatic carbocycles. The predicted octanol–water partition coefficient (Wildman–Crippen LogP) is 3.82. The van der Waals surface area contributed by atoms with E-state index in [0.29, 0.717) is 13.2 Å². The molecule has 0 aliphatic heterocycles. The lowest BCUT2D eigenvalue weighted by atomic mass is 9.84. The Morgan fingerprint density at radius 3 is 1.32 bits per heavy atom. The quantitative estimate of drug-likeness (QED) is 0.461. The number of hydrogen-bond donors (Lipinski definition) is 2. The van der Waals surface area contributed by atoms with E-state index in [2.05, 4.69) is 0 Å². The third-order valence-corrected chi connectivity index (χ3v) is 5.81. The van der Waals surface area contributed by atoms with Crippen molar-refractivity contribution in [2.45, 2.75) is 63.7 Å². The van der Waals surface area contributed by atoms with Crippen LogP contribution in [0.3, 0.4) is 0 Å². The van der Waals surface area contributed by atoms with Gasteiger partial charge in [-0.05, 0) is 25.0 Å². The Bertz CT molecular complexity index is 795. The molecule has 0 radical (unpaired) electrons. The average molecular weight is 469 g/mol. The molecule has 0 heterocycles. The second-order valence-electron chi connectivity index (χ2n) is 8.24. The highest BCUT2D eigenvalue weighted by Crippen LogP contribution is 2.31. The fraction of sp³-hybridized carbons (Fsp3) is 0.429. The lowest BCUT2D eigenvalue weighted by Crippen LogP contribution is -2.66. The largest absolute Gasteiger partial charge is 0.387 e. The second-order valence-corrected chi connectivity index (χ2v) is 8.24. The Morgan fingerprint density at radius 1 is 0.588 bits per heavy atom. The van der Waals surface area contributed by atoms with E-state index < -0.39 is 36.6 Å². The molecule has 0 spiro atoms. The number of hydrogen-bond acceptors (Lipinski definition) is 6. The van der Waals surface area contributed by atoms with Crippen LogP contribution in [0.25, 0.3) is 0 Å². The first-order valence-corrected chi connectivity index (χ1v) is 11.8. The molecule has 184 valence electrons. The SMILES string of the molecule is C/C=C/CO[C@H]1[C@H](OC/C=C/C)[C@@H](OCc2ccccc2)[C@@H](O)[C@@H](O)[C@@H]1OCc1ccccc1. The van der Waals surface area contributed by atoms with E-state index in [9.17, 15) is 10.2 Å². The van der Waals surface area contributed by atoms with Crippen molar-refractivity contribution in [2.75, 3.05) is 13.2 Å². The Hall–Kier alpha value is -2.32. The lowest BCUT2D eigenvalue weighted by molar-refractivity contribution is -0.266. The molecule has 1 fully saturated rings. The van der Waals surface area contributed by atoms with Crippen molar-refractivity contribution >= 4 is 0 Å². The van der Waals surface area contributed by atoms with Crippen LogP contribution in [0.4, 0.5) is 0 Å². The smallest absolute Gasteiger partial charge is 0.115 e. The van der Waals surface area contributed by atoms with Gasteiger partial charge in [-0.15, -0.1) is 0 Å². The Kier molecular flexibility index (Phi) is 11.0. The van der Waals surface area contributed by atoms with Crippen LogP contribution in [0, 0.1) is 0 Å². The first kappa shape index (κ1) is 26.3. The van der Waals surface area contributed by atoms with Gasteiger partial charge in [0.15, 0.2) is 0 Å². The van der Waals surface area contributed by atoms with Gasteiger partial charge < -0.3 is 29.2 Å². The summed E-state index contributed by atoms with van der Waals surface area (Å²) in [6, 6.07) is 19.4. The molecule has 6 atom stereocenters. The van der Waals surface area contributed by atoms with Gasteiger partial charge in [-0.3, -0.25) is 0 Å². The van der Waals surface area contributed by atoms with Gasteiger partial charge in [-0.2, -0.15) is 0 Å². The van der Waals surface area contributed by atoms with Crippen molar-refractivity contribution in [3.05, 3.63) is 96.1 Å². The van der Waals surface area contributed by atoms with E-state index in [1.165, 1.54) is 0 Å².